The topological polar surface area (TPSA) is 173 Å². The molecule has 2 aromatic heterocycles. The number of nitrogens with one attached hydrogen (secondary N) is 1. The average Bonchev–Trinajstić information content (AvgIpc) is 3.64. The molecule has 0 aromatic carbocycles. The monoisotopic (exact) mass is 565 g/mol. The van der Waals surface area contributed by atoms with Crippen LogP contribution in [0.2, 0.25) is 0 Å². The summed E-state index contributed by atoms with van der Waals surface area (Å²) in [5.41, 5.74) is 8.02. The van der Waals surface area contributed by atoms with Crippen LogP contribution in [-0.4, -0.2) is 77.7 Å². The van der Waals surface area contributed by atoms with Gasteiger partial charge in [0, 0.05) is 16.9 Å². The number of β-lactam (4-membered cyclic amide) rings is 1. The SMILES string of the molecule is Nc1nc(C(=NOC2C=CCC2)C(=O)NC2C(=O)N3C(C(=O)O)=C(CSc4nncs4)CS[C@@H]23)cs1. The summed E-state index contributed by atoms with van der Waals surface area (Å²) < 4.78 is 0.712. The van der Waals surface area contributed by atoms with E-state index in [1.807, 2.05) is 12.2 Å². The lowest BCUT2D eigenvalue weighted by Gasteiger charge is -2.49. The third-order valence-electron chi connectivity index (χ3n) is 5.47. The molecule has 2 unspecified atom stereocenters. The predicted molar refractivity (Wildman–Crippen MR) is 137 cm³/mol. The molecule has 0 radical (unpaired) electrons. The number of allylic oxidation sites excluding steroid dienone is 1. The number of nitrogen functional groups attached to an aromatic ring is 1. The molecule has 0 spiro atoms. The molecule has 2 aliphatic heterocycles. The number of carbonyl (C=O) groups excluding carboxylic acids is 2. The van der Waals surface area contributed by atoms with Gasteiger partial charge in [0.2, 0.25) is 0 Å². The number of rotatable bonds is 9. The van der Waals surface area contributed by atoms with Gasteiger partial charge in [0.15, 0.2) is 15.2 Å². The smallest absolute Gasteiger partial charge is 0.352 e. The van der Waals surface area contributed by atoms with E-state index in [1.165, 1.54) is 39.8 Å². The summed E-state index contributed by atoms with van der Waals surface area (Å²) in [5, 5.41) is 25.6. The van der Waals surface area contributed by atoms with Gasteiger partial charge in [-0.2, -0.15) is 0 Å². The Balaban J connectivity index is 1.31. The minimum atomic E-state index is -1.19. The molecule has 4 N–H and O–H groups in total. The van der Waals surface area contributed by atoms with Crippen LogP contribution in [0.15, 0.2) is 43.8 Å². The van der Waals surface area contributed by atoms with E-state index in [0.29, 0.717) is 21.4 Å². The Bertz CT molecular complexity index is 1280. The molecule has 3 atom stereocenters. The number of carboxylic acids is 1. The fourth-order valence-corrected chi connectivity index (χ4v) is 7.31. The molecule has 5 rings (SSSR count). The molecule has 188 valence electrons. The zero-order valence-electron chi connectivity index (χ0n) is 18.4. The maximum absolute atomic E-state index is 13.2. The van der Waals surface area contributed by atoms with Crippen LogP contribution in [0.4, 0.5) is 5.13 Å². The number of fused-ring (bicyclic) bond motifs is 1. The van der Waals surface area contributed by atoms with E-state index in [0.717, 1.165) is 24.2 Å². The van der Waals surface area contributed by atoms with Gasteiger partial charge in [-0.15, -0.1) is 33.3 Å². The number of carbonyl (C=O) groups is 3. The molecule has 0 saturated carbocycles. The minimum Gasteiger partial charge on any atom is -0.477 e. The highest BCUT2D eigenvalue weighted by Crippen LogP contribution is 2.41. The molecular weight excluding hydrogens is 547 g/mol. The quantitative estimate of drug-likeness (QED) is 0.132. The fraction of sp³-hybridized carbons (Fsp3) is 0.350. The third-order valence-corrected chi connectivity index (χ3v) is 9.43. The summed E-state index contributed by atoms with van der Waals surface area (Å²) in [6.45, 7) is 0. The predicted octanol–water partition coefficient (Wildman–Crippen LogP) is 1.55. The molecule has 16 heteroatoms. The van der Waals surface area contributed by atoms with Crippen LogP contribution >= 0.6 is 46.2 Å². The number of thiazole rings is 1. The van der Waals surface area contributed by atoms with Gasteiger partial charge in [0.05, 0.1) is 0 Å². The lowest BCUT2D eigenvalue weighted by molar-refractivity contribution is -0.150. The van der Waals surface area contributed by atoms with Crippen molar-refractivity contribution >= 4 is 74.8 Å². The molecular formula is C20H19N7O5S4. The zero-order chi connectivity index (χ0) is 25.2. The van der Waals surface area contributed by atoms with Crippen LogP contribution in [0.5, 0.6) is 0 Å². The molecule has 1 aliphatic carbocycles. The van der Waals surface area contributed by atoms with E-state index in [-0.39, 0.29) is 28.3 Å². The number of thioether (sulfide) groups is 2. The molecule has 12 nitrogen and oxygen atoms in total. The van der Waals surface area contributed by atoms with Gasteiger partial charge in [0.25, 0.3) is 11.8 Å². The van der Waals surface area contributed by atoms with Crippen molar-refractivity contribution in [1.29, 1.82) is 0 Å². The first-order valence-electron chi connectivity index (χ1n) is 10.6. The maximum atomic E-state index is 13.2. The Morgan fingerprint density at radius 3 is 2.92 bits per heavy atom. The van der Waals surface area contributed by atoms with Crippen molar-refractivity contribution in [2.45, 2.75) is 34.7 Å². The first kappa shape index (κ1) is 24.7. The van der Waals surface area contributed by atoms with E-state index in [1.54, 1.807) is 10.9 Å². The molecule has 0 bridgehead atoms. The number of aromatic nitrogens is 3. The van der Waals surface area contributed by atoms with E-state index in [2.05, 4.69) is 25.7 Å². The van der Waals surface area contributed by atoms with Crippen LogP contribution < -0.4 is 11.1 Å². The molecule has 3 aliphatic rings. The maximum Gasteiger partial charge on any atom is 0.352 e. The Morgan fingerprint density at radius 1 is 1.39 bits per heavy atom. The van der Waals surface area contributed by atoms with Crippen molar-refractivity contribution in [2.75, 3.05) is 17.2 Å². The fourth-order valence-electron chi connectivity index (χ4n) is 3.79. The Kier molecular flexibility index (Phi) is 7.27. The third kappa shape index (κ3) is 4.98. The van der Waals surface area contributed by atoms with Crippen LogP contribution in [0.25, 0.3) is 0 Å². The van der Waals surface area contributed by atoms with E-state index >= 15 is 0 Å². The summed E-state index contributed by atoms with van der Waals surface area (Å²) in [5.74, 6) is -1.58. The largest absolute Gasteiger partial charge is 0.477 e. The highest BCUT2D eigenvalue weighted by Gasteiger charge is 2.54. The van der Waals surface area contributed by atoms with Crippen molar-refractivity contribution < 1.29 is 24.3 Å². The average molecular weight is 566 g/mol. The van der Waals surface area contributed by atoms with E-state index in [4.69, 9.17) is 10.6 Å². The van der Waals surface area contributed by atoms with Crippen molar-refractivity contribution in [3.8, 4) is 0 Å². The standard InChI is InChI=1S/C20H19N7O5S4/c21-19-23-11(7-34-19)12(26-32-10-3-1-2-4-10)15(28)24-13-16(29)27-14(18(30)31)9(5-33-17(13)27)6-35-20-25-22-8-36-20/h1,3,7-8,10,13,17H,2,4-6H2,(H2,21,23)(H,24,28)(H,30,31)/t10?,13?,17-/m0/s1. The van der Waals surface area contributed by atoms with Crippen molar-refractivity contribution in [2.24, 2.45) is 5.16 Å². The normalized spacial score (nSPS) is 23.4. The van der Waals surface area contributed by atoms with Crippen molar-refractivity contribution in [3.63, 3.8) is 0 Å². The summed E-state index contributed by atoms with van der Waals surface area (Å²) in [4.78, 5) is 49.1. The molecule has 2 aromatic rings. The second-order valence-corrected chi connectivity index (χ2v) is 11.8. The lowest BCUT2D eigenvalue weighted by atomic mass is 10.0. The van der Waals surface area contributed by atoms with Crippen LogP contribution in [0, 0.1) is 0 Å². The van der Waals surface area contributed by atoms with Gasteiger partial charge in [-0.05, 0) is 24.5 Å². The van der Waals surface area contributed by atoms with Gasteiger partial charge < -0.3 is 21.0 Å². The first-order chi connectivity index (χ1) is 17.4. The van der Waals surface area contributed by atoms with Gasteiger partial charge in [-0.3, -0.25) is 14.5 Å². The second-order valence-electron chi connectivity index (χ2n) is 7.77. The van der Waals surface area contributed by atoms with Crippen molar-refractivity contribution in [1.82, 2.24) is 25.4 Å². The number of nitrogens with zero attached hydrogens (tertiary/aromatic N) is 5. The number of carboxylic acid groups (broad SMARTS) is 1. The number of oxime groups is 1. The minimum absolute atomic E-state index is 0.0521. The Labute approximate surface area is 221 Å². The Hall–Kier alpha value is -2.95. The molecule has 1 saturated heterocycles. The summed E-state index contributed by atoms with van der Waals surface area (Å²) in [6.07, 6.45) is 5.18. The molecule has 4 heterocycles. The van der Waals surface area contributed by atoms with Gasteiger partial charge in [-0.25, -0.2) is 9.78 Å². The Morgan fingerprint density at radius 2 is 2.25 bits per heavy atom. The summed E-state index contributed by atoms with van der Waals surface area (Å²) in [6, 6.07) is -0.915. The first-order valence-corrected chi connectivity index (χ1v) is 14.4. The number of hydrogen-bond acceptors (Lipinski definition) is 13. The molecule has 36 heavy (non-hydrogen) atoms. The molecule has 1 fully saturated rings. The van der Waals surface area contributed by atoms with E-state index < -0.39 is 29.2 Å². The number of hydrogen-bond donors (Lipinski definition) is 3. The summed E-state index contributed by atoms with van der Waals surface area (Å²) in [7, 11) is 0. The van der Waals surface area contributed by atoms with Gasteiger partial charge in [-0.1, -0.05) is 34.3 Å². The van der Waals surface area contributed by atoms with Crippen molar-refractivity contribution in [3.05, 3.63) is 40.0 Å². The van der Waals surface area contributed by atoms with Gasteiger partial charge in [0.1, 0.15) is 34.4 Å². The number of nitrogens with two attached hydrogens (primary N) is 1. The molecule has 2 amide bonds. The zero-order valence-corrected chi connectivity index (χ0v) is 21.7. The van der Waals surface area contributed by atoms with Crippen LogP contribution in [0.3, 0.4) is 0 Å². The number of aliphatic carboxylic acids is 1. The number of anilines is 1. The lowest BCUT2D eigenvalue weighted by Crippen LogP contribution is -2.71. The van der Waals surface area contributed by atoms with Gasteiger partial charge >= 0.3 is 5.97 Å². The second kappa shape index (κ2) is 10.6. The highest BCUT2D eigenvalue weighted by atomic mass is 32.2. The van der Waals surface area contributed by atoms with Crippen LogP contribution in [-0.2, 0) is 19.2 Å². The van der Waals surface area contributed by atoms with Crippen LogP contribution in [0.1, 0.15) is 18.5 Å². The highest BCUT2D eigenvalue weighted by molar-refractivity contribution is 8.01. The van der Waals surface area contributed by atoms with E-state index in [9.17, 15) is 19.5 Å². The number of amides is 2. The summed E-state index contributed by atoms with van der Waals surface area (Å²) >= 11 is 5.26.